The van der Waals surface area contributed by atoms with Crippen LogP contribution in [0.25, 0.3) is 0 Å². The van der Waals surface area contributed by atoms with Gasteiger partial charge in [-0.2, -0.15) is 0 Å². The fourth-order valence-electron chi connectivity index (χ4n) is 3.63. The normalized spacial score (nSPS) is 12.7. The predicted octanol–water partition coefficient (Wildman–Crippen LogP) is 5.54. The third-order valence-corrected chi connectivity index (χ3v) is 5.42. The average molecular weight is 425 g/mol. The van der Waals surface area contributed by atoms with E-state index in [9.17, 15) is 0 Å². The van der Waals surface area contributed by atoms with Crippen molar-refractivity contribution in [2.75, 3.05) is 0 Å². The van der Waals surface area contributed by atoms with Crippen LogP contribution in [0.1, 0.15) is 34.3 Å². The van der Waals surface area contributed by atoms with E-state index in [1.54, 1.807) is 0 Å². The maximum atomic E-state index is 6.66. The predicted molar refractivity (Wildman–Crippen MR) is 128 cm³/mol. The lowest BCUT2D eigenvalue weighted by Gasteiger charge is -2.25. The Balaban J connectivity index is 1.51. The van der Waals surface area contributed by atoms with Gasteiger partial charge in [-0.1, -0.05) is 97.1 Å². The lowest BCUT2D eigenvalue weighted by atomic mass is 9.93. The number of hydrogen-bond acceptors (Lipinski definition) is 4. The van der Waals surface area contributed by atoms with Crippen molar-refractivity contribution in [2.24, 2.45) is 11.5 Å². The molecule has 0 bridgehead atoms. The molecular weight excluding hydrogens is 396 g/mol. The molecule has 0 aromatic heterocycles. The van der Waals surface area contributed by atoms with Gasteiger partial charge in [0.2, 0.25) is 0 Å². The SMILES string of the molecule is N[C@@H](c1ccccc1OCc1ccccc1)[C@@H](N)c1ccccc1OCc1ccccc1. The number of hydrogen-bond donors (Lipinski definition) is 2. The van der Waals surface area contributed by atoms with E-state index in [-0.39, 0.29) is 0 Å². The third-order valence-electron chi connectivity index (χ3n) is 5.42. The van der Waals surface area contributed by atoms with E-state index in [2.05, 4.69) is 0 Å². The van der Waals surface area contributed by atoms with Crippen LogP contribution in [0.5, 0.6) is 11.5 Å². The number of nitrogens with two attached hydrogens (primary N) is 2. The minimum Gasteiger partial charge on any atom is -0.489 e. The monoisotopic (exact) mass is 424 g/mol. The minimum absolute atomic E-state index is 0.455. The van der Waals surface area contributed by atoms with E-state index in [4.69, 9.17) is 20.9 Å². The Kier molecular flexibility index (Phi) is 7.18. The Morgan fingerprint density at radius 2 is 0.812 bits per heavy atom. The van der Waals surface area contributed by atoms with Crippen molar-refractivity contribution in [1.29, 1.82) is 0 Å². The number of rotatable bonds is 9. The van der Waals surface area contributed by atoms with E-state index in [1.165, 1.54) is 0 Å². The fraction of sp³-hybridized carbons (Fsp3) is 0.143. The molecule has 4 rings (SSSR count). The summed E-state index contributed by atoms with van der Waals surface area (Å²) >= 11 is 0. The second-order valence-corrected chi connectivity index (χ2v) is 7.68. The molecule has 4 heteroatoms. The van der Waals surface area contributed by atoms with Gasteiger partial charge < -0.3 is 20.9 Å². The van der Waals surface area contributed by atoms with E-state index < -0.39 is 12.1 Å². The van der Waals surface area contributed by atoms with E-state index >= 15 is 0 Å². The summed E-state index contributed by atoms with van der Waals surface area (Å²) in [4.78, 5) is 0. The van der Waals surface area contributed by atoms with Crippen molar-refractivity contribution in [3.05, 3.63) is 131 Å². The first-order valence-electron chi connectivity index (χ1n) is 10.7. The van der Waals surface area contributed by atoms with Gasteiger partial charge in [0, 0.05) is 11.1 Å². The van der Waals surface area contributed by atoms with Crippen molar-refractivity contribution < 1.29 is 9.47 Å². The van der Waals surface area contributed by atoms with Crippen LogP contribution in [0.2, 0.25) is 0 Å². The lowest BCUT2D eigenvalue weighted by Crippen LogP contribution is -2.27. The Labute approximate surface area is 189 Å². The van der Waals surface area contributed by atoms with Crippen molar-refractivity contribution >= 4 is 0 Å². The molecule has 0 amide bonds. The van der Waals surface area contributed by atoms with Gasteiger partial charge in [0.1, 0.15) is 24.7 Å². The van der Waals surface area contributed by atoms with Gasteiger partial charge in [0.25, 0.3) is 0 Å². The van der Waals surface area contributed by atoms with Crippen molar-refractivity contribution in [3.63, 3.8) is 0 Å². The molecule has 0 saturated carbocycles. The van der Waals surface area contributed by atoms with Gasteiger partial charge in [-0.15, -0.1) is 0 Å². The summed E-state index contributed by atoms with van der Waals surface area (Å²) in [6.45, 7) is 0.938. The second-order valence-electron chi connectivity index (χ2n) is 7.68. The zero-order valence-electron chi connectivity index (χ0n) is 17.9. The molecule has 4 nitrogen and oxygen atoms in total. The Hall–Kier alpha value is -3.60. The zero-order chi connectivity index (χ0) is 22.2. The molecule has 162 valence electrons. The highest BCUT2D eigenvalue weighted by Crippen LogP contribution is 2.35. The molecule has 4 N–H and O–H groups in total. The number of ether oxygens (including phenoxy) is 2. The molecule has 0 heterocycles. The van der Waals surface area contributed by atoms with Crippen LogP contribution in [-0.4, -0.2) is 0 Å². The summed E-state index contributed by atoms with van der Waals surface area (Å²) in [5, 5.41) is 0. The van der Waals surface area contributed by atoms with Crippen LogP contribution in [0.15, 0.2) is 109 Å². The van der Waals surface area contributed by atoms with E-state index in [0.29, 0.717) is 13.2 Å². The standard InChI is InChI=1S/C28H28N2O2/c29-27(23-15-7-9-17-25(23)31-19-21-11-3-1-4-12-21)28(30)24-16-8-10-18-26(24)32-20-22-13-5-2-6-14-22/h1-18,27-28H,19-20,29-30H2/t27-,28-/m0/s1. The molecule has 4 aromatic carbocycles. The lowest BCUT2D eigenvalue weighted by molar-refractivity contribution is 0.294. The van der Waals surface area contributed by atoms with Crippen molar-refractivity contribution in [3.8, 4) is 11.5 Å². The second kappa shape index (κ2) is 10.6. The molecular formula is C28H28N2O2. The quantitative estimate of drug-likeness (QED) is 0.370. The Bertz CT molecular complexity index is 1030. The first-order chi connectivity index (χ1) is 15.7. The maximum absolute atomic E-state index is 6.66. The van der Waals surface area contributed by atoms with Crippen LogP contribution < -0.4 is 20.9 Å². The smallest absolute Gasteiger partial charge is 0.124 e. The molecule has 0 saturated heterocycles. The zero-order valence-corrected chi connectivity index (χ0v) is 17.9. The summed E-state index contributed by atoms with van der Waals surface area (Å²) in [6, 6.07) is 34.8. The first kappa shape index (κ1) is 21.6. The first-order valence-corrected chi connectivity index (χ1v) is 10.7. The molecule has 0 radical (unpaired) electrons. The van der Waals surface area contributed by atoms with Crippen LogP contribution in [0, 0.1) is 0 Å². The molecule has 0 aliphatic carbocycles. The molecule has 2 atom stereocenters. The average Bonchev–Trinajstić information content (AvgIpc) is 2.87. The van der Waals surface area contributed by atoms with Gasteiger partial charge in [-0.3, -0.25) is 0 Å². The fourth-order valence-corrected chi connectivity index (χ4v) is 3.63. The summed E-state index contributed by atoms with van der Waals surface area (Å²) in [5.41, 5.74) is 17.2. The summed E-state index contributed by atoms with van der Waals surface area (Å²) in [6.07, 6.45) is 0. The molecule has 0 aliphatic heterocycles. The van der Waals surface area contributed by atoms with Gasteiger partial charge in [-0.25, -0.2) is 0 Å². The molecule has 0 fully saturated rings. The highest BCUT2D eigenvalue weighted by atomic mass is 16.5. The highest BCUT2D eigenvalue weighted by molar-refractivity contribution is 5.42. The van der Waals surface area contributed by atoms with Crippen LogP contribution >= 0.6 is 0 Å². The summed E-state index contributed by atoms with van der Waals surface area (Å²) in [7, 11) is 0. The molecule has 32 heavy (non-hydrogen) atoms. The van der Waals surface area contributed by atoms with Gasteiger partial charge in [0.05, 0.1) is 12.1 Å². The molecule has 0 unspecified atom stereocenters. The number of benzene rings is 4. The topological polar surface area (TPSA) is 70.5 Å². The highest BCUT2D eigenvalue weighted by Gasteiger charge is 2.23. The van der Waals surface area contributed by atoms with Crippen molar-refractivity contribution in [2.45, 2.75) is 25.3 Å². The van der Waals surface area contributed by atoms with Gasteiger partial charge >= 0.3 is 0 Å². The Morgan fingerprint density at radius 3 is 1.22 bits per heavy atom. The Morgan fingerprint density at radius 1 is 0.469 bits per heavy atom. The molecule has 4 aromatic rings. The summed E-state index contributed by atoms with van der Waals surface area (Å²) in [5.74, 6) is 1.48. The maximum Gasteiger partial charge on any atom is 0.124 e. The molecule has 0 spiro atoms. The third kappa shape index (κ3) is 5.35. The molecule has 0 aliphatic rings. The van der Waals surface area contributed by atoms with Gasteiger partial charge in [0.15, 0.2) is 0 Å². The van der Waals surface area contributed by atoms with E-state index in [1.807, 2.05) is 109 Å². The largest absolute Gasteiger partial charge is 0.489 e. The van der Waals surface area contributed by atoms with Crippen molar-refractivity contribution in [1.82, 2.24) is 0 Å². The summed E-state index contributed by atoms with van der Waals surface area (Å²) < 4.78 is 12.2. The van der Waals surface area contributed by atoms with Crippen LogP contribution in [0.4, 0.5) is 0 Å². The van der Waals surface area contributed by atoms with Gasteiger partial charge in [-0.05, 0) is 23.3 Å². The van der Waals surface area contributed by atoms with E-state index in [0.717, 1.165) is 33.8 Å². The van der Waals surface area contributed by atoms with Crippen LogP contribution in [0.3, 0.4) is 0 Å². The van der Waals surface area contributed by atoms with Crippen LogP contribution in [-0.2, 0) is 13.2 Å². The minimum atomic E-state index is -0.455. The number of para-hydroxylation sites is 2.